The lowest BCUT2D eigenvalue weighted by Gasteiger charge is -2.14. The van der Waals surface area contributed by atoms with E-state index in [1.54, 1.807) is 0 Å². The number of benzene rings is 1. The van der Waals surface area contributed by atoms with Gasteiger partial charge in [-0.05, 0) is 12.5 Å². The van der Waals surface area contributed by atoms with Crippen LogP contribution >= 0.6 is 12.6 Å². The smallest absolute Gasteiger partial charge is 0.308 e. The van der Waals surface area contributed by atoms with Crippen molar-refractivity contribution in [1.29, 1.82) is 0 Å². The third-order valence-electron chi connectivity index (χ3n) is 2.86. The summed E-state index contributed by atoms with van der Waals surface area (Å²) in [6.07, 6.45) is 5.93. The minimum atomic E-state index is -0.283. The molecule has 0 aliphatic heterocycles. The summed E-state index contributed by atoms with van der Waals surface area (Å²) in [6, 6.07) is 7.64. The predicted octanol–water partition coefficient (Wildman–Crippen LogP) is 4.55. The van der Waals surface area contributed by atoms with Crippen LogP contribution in [0.25, 0.3) is 0 Å². The van der Waals surface area contributed by atoms with Crippen molar-refractivity contribution in [3.8, 4) is 5.75 Å². The van der Waals surface area contributed by atoms with Crippen LogP contribution in [0, 0.1) is 0 Å². The van der Waals surface area contributed by atoms with Crippen LogP contribution in [-0.4, -0.2) is 5.97 Å². The zero-order valence-electron chi connectivity index (χ0n) is 11.2. The van der Waals surface area contributed by atoms with Gasteiger partial charge in [-0.2, -0.15) is 12.6 Å². The summed E-state index contributed by atoms with van der Waals surface area (Å²) in [7, 11) is 0. The first-order valence-corrected chi connectivity index (χ1v) is 7.12. The van der Waals surface area contributed by atoms with Crippen LogP contribution in [0.15, 0.2) is 24.3 Å². The highest BCUT2D eigenvalue weighted by atomic mass is 32.1. The molecule has 0 aromatic heterocycles. The Balaban J connectivity index is 2.60. The molecule has 1 aromatic carbocycles. The van der Waals surface area contributed by atoms with E-state index in [2.05, 4.69) is 19.6 Å². The molecule has 0 aliphatic carbocycles. The zero-order valence-corrected chi connectivity index (χ0v) is 12.1. The molecule has 0 heterocycles. The molecule has 1 atom stereocenters. The van der Waals surface area contributed by atoms with Gasteiger partial charge in [-0.1, -0.05) is 50.8 Å². The Labute approximate surface area is 115 Å². The third-order valence-corrected chi connectivity index (χ3v) is 3.40. The molecule has 0 spiro atoms. The predicted molar refractivity (Wildman–Crippen MR) is 78.2 cm³/mol. The van der Waals surface area contributed by atoms with Crippen molar-refractivity contribution >= 4 is 18.6 Å². The Morgan fingerprint density at radius 1 is 1.28 bits per heavy atom. The van der Waals surface area contributed by atoms with Gasteiger partial charge in [0.1, 0.15) is 5.75 Å². The number of rotatable bonds is 7. The topological polar surface area (TPSA) is 26.3 Å². The van der Waals surface area contributed by atoms with Crippen LogP contribution in [0.3, 0.4) is 0 Å². The Morgan fingerprint density at radius 2 is 2.00 bits per heavy atom. The standard InChI is InChI=1S/C15H22O2S/c1-3-4-5-6-11-15(18)13-9-7-8-10-14(13)17-12(2)16/h7-10,15,18H,3-6,11H2,1-2H3. The Kier molecular flexibility index (Phi) is 6.88. The Morgan fingerprint density at radius 3 is 2.67 bits per heavy atom. The summed E-state index contributed by atoms with van der Waals surface area (Å²) in [5, 5.41) is 0.136. The molecule has 0 bridgehead atoms. The first-order valence-electron chi connectivity index (χ1n) is 6.60. The maximum atomic E-state index is 11.0. The summed E-state index contributed by atoms with van der Waals surface area (Å²) in [6.45, 7) is 3.62. The first-order chi connectivity index (χ1) is 8.65. The van der Waals surface area contributed by atoms with Crippen molar-refractivity contribution in [2.75, 3.05) is 0 Å². The Bertz CT molecular complexity index is 377. The highest BCUT2D eigenvalue weighted by molar-refractivity contribution is 7.80. The average Bonchev–Trinajstić information content (AvgIpc) is 2.34. The fraction of sp³-hybridized carbons (Fsp3) is 0.533. The van der Waals surface area contributed by atoms with E-state index >= 15 is 0 Å². The molecule has 0 aliphatic rings. The zero-order chi connectivity index (χ0) is 13.4. The van der Waals surface area contributed by atoms with Crippen LogP contribution < -0.4 is 4.74 Å². The molecule has 0 radical (unpaired) electrons. The maximum Gasteiger partial charge on any atom is 0.308 e. The second-order valence-electron chi connectivity index (χ2n) is 4.50. The summed E-state index contributed by atoms with van der Waals surface area (Å²) in [4.78, 5) is 11.0. The number of esters is 1. The molecule has 1 aromatic rings. The second-order valence-corrected chi connectivity index (χ2v) is 5.12. The van der Waals surface area contributed by atoms with Gasteiger partial charge >= 0.3 is 5.97 Å². The van der Waals surface area contributed by atoms with Crippen molar-refractivity contribution in [2.24, 2.45) is 0 Å². The minimum Gasteiger partial charge on any atom is -0.426 e. The number of carbonyl (C=O) groups is 1. The summed E-state index contributed by atoms with van der Waals surface area (Å²) < 4.78 is 5.21. The van der Waals surface area contributed by atoms with Gasteiger partial charge in [0.25, 0.3) is 0 Å². The van der Waals surface area contributed by atoms with E-state index in [9.17, 15) is 4.79 Å². The minimum absolute atomic E-state index is 0.136. The summed E-state index contributed by atoms with van der Waals surface area (Å²) in [5.41, 5.74) is 1.01. The van der Waals surface area contributed by atoms with Crippen molar-refractivity contribution in [2.45, 2.75) is 51.2 Å². The van der Waals surface area contributed by atoms with E-state index in [-0.39, 0.29) is 11.2 Å². The molecule has 18 heavy (non-hydrogen) atoms. The number of thiol groups is 1. The quantitative estimate of drug-likeness (QED) is 0.339. The summed E-state index contributed by atoms with van der Waals surface area (Å²) >= 11 is 4.62. The lowest BCUT2D eigenvalue weighted by molar-refractivity contribution is -0.131. The number of hydrogen-bond acceptors (Lipinski definition) is 3. The van der Waals surface area contributed by atoms with Crippen molar-refractivity contribution in [3.05, 3.63) is 29.8 Å². The van der Waals surface area contributed by atoms with Gasteiger partial charge < -0.3 is 4.74 Å². The number of para-hydroxylation sites is 1. The van der Waals surface area contributed by atoms with Gasteiger partial charge in [0.15, 0.2) is 0 Å². The SMILES string of the molecule is CCCCCCC(S)c1ccccc1OC(C)=O. The molecule has 3 heteroatoms. The monoisotopic (exact) mass is 266 g/mol. The van der Waals surface area contributed by atoms with Crippen LogP contribution in [0.4, 0.5) is 0 Å². The molecule has 0 saturated carbocycles. The van der Waals surface area contributed by atoms with E-state index in [1.807, 2.05) is 24.3 Å². The molecule has 2 nitrogen and oxygen atoms in total. The number of unbranched alkanes of at least 4 members (excludes halogenated alkanes) is 3. The molecule has 1 unspecified atom stereocenters. The van der Waals surface area contributed by atoms with Crippen LogP contribution in [-0.2, 0) is 4.79 Å². The van der Waals surface area contributed by atoms with Crippen molar-refractivity contribution in [3.63, 3.8) is 0 Å². The van der Waals surface area contributed by atoms with Crippen molar-refractivity contribution < 1.29 is 9.53 Å². The second kappa shape index (κ2) is 8.20. The number of ether oxygens (including phenoxy) is 1. The van der Waals surface area contributed by atoms with Gasteiger partial charge in [0, 0.05) is 17.7 Å². The fourth-order valence-corrected chi connectivity index (χ4v) is 2.32. The summed E-state index contributed by atoms with van der Waals surface area (Å²) in [5.74, 6) is 0.356. The first kappa shape index (κ1) is 15.1. The number of carbonyl (C=O) groups excluding carboxylic acids is 1. The molecule has 1 rings (SSSR count). The highest BCUT2D eigenvalue weighted by Crippen LogP contribution is 2.33. The third kappa shape index (κ3) is 5.13. The van der Waals surface area contributed by atoms with Gasteiger partial charge in [-0.25, -0.2) is 0 Å². The Hall–Kier alpha value is -0.960. The van der Waals surface area contributed by atoms with Gasteiger partial charge in [0.2, 0.25) is 0 Å². The normalized spacial score (nSPS) is 12.2. The molecular formula is C15H22O2S. The van der Waals surface area contributed by atoms with Gasteiger partial charge in [-0.15, -0.1) is 0 Å². The molecule has 100 valence electrons. The molecule has 0 amide bonds. The maximum absolute atomic E-state index is 11.0. The fourth-order valence-electron chi connectivity index (χ4n) is 1.92. The van der Waals surface area contributed by atoms with E-state index in [0.717, 1.165) is 18.4 Å². The number of hydrogen-bond donors (Lipinski definition) is 1. The lowest BCUT2D eigenvalue weighted by Crippen LogP contribution is -2.05. The average molecular weight is 266 g/mol. The largest absolute Gasteiger partial charge is 0.426 e. The van der Waals surface area contributed by atoms with Gasteiger partial charge in [0.05, 0.1) is 0 Å². The van der Waals surface area contributed by atoms with E-state index < -0.39 is 0 Å². The van der Waals surface area contributed by atoms with E-state index in [1.165, 1.54) is 26.2 Å². The molecule has 0 fully saturated rings. The molecular weight excluding hydrogens is 244 g/mol. The molecule has 0 saturated heterocycles. The highest BCUT2D eigenvalue weighted by Gasteiger charge is 2.12. The van der Waals surface area contributed by atoms with Crippen LogP contribution in [0.5, 0.6) is 5.75 Å². The van der Waals surface area contributed by atoms with E-state index in [0.29, 0.717) is 5.75 Å². The van der Waals surface area contributed by atoms with Crippen molar-refractivity contribution in [1.82, 2.24) is 0 Å². The molecule has 0 N–H and O–H groups in total. The van der Waals surface area contributed by atoms with Gasteiger partial charge in [-0.3, -0.25) is 4.79 Å². The van der Waals surface area contributed by atoms with Crippen LogP contribution in [0.1, 0.15) is 56.8 Å². The van der Waals surface area contributed by atoms with Crippen LogP contribution in [0.2, 0.25) is 0 Å². The van der Waals surface area contributed by atoms with E-state index in [4.69, 9.17) is 4.74 Å². The lowest BCUT2D eigenvalue weighted by atomic mass is 10.0.